The normalized spacial score (nSPS) is 21.5. The van der Waals surface area contributed by atoms with Crippen LogP contribution in [0.3, 0.4) is 0 Å². The van der Waals surface area contributed by atoms with Gasteiger partial charge in [-0.15, -0.1) is 32.9 Å². The minimum atomic E-state index is -0.809. The SMILES string of the molecule is Cc1ncsc1-c1ccc(CNC(=O)[C@@H]2C[C@@H](O)CN2C(=O)[C@@H](c2cc(O[C@H]3CC[C@@H]3N3CCC(c4sc5nnc(-c6ccccc6O)cc5c4C)CC3)no2)C(C)C)cc1. The number of hydrogen-bond acceptors (Lipinski definition) is 13. The van der Waals surface area contributed by atoms with Crippen LogP contribution in [0.15, 0.2) is 70.7 Å². The predicted octanol–water partition coefficient (Wildman–Crippen LogP) is 7.60. The number of piperidine rings is 1. The molecule has 2 amide bonds. The Kier molecular flexibility index (Phi) is 11.7. The Bertz CT molecular complexity index is 2530. The number of aromatic hydroxyl groups is 1. The summed E-state index contributed by atoms with van der Waals surface area (Å²) in [4.78, 5) is 39.5. The van der Waals surface area contributed by atoms with Crippen molar-refractivity contribution < 1.29 is 29.1 Å². The molecule has 9 rings (SSSR count). The number of benzene rings is 2. The second-order valence-electron chi connectivity index (χ2n) is 17.0. The number of phenolic OH excluding ortho intramolecular Hbond substituents is 1. The van der Waals surface area contributed by atoms with Gasteiger partial charge in [0.15, 0.2) is 5.76 Å². The Labute approximate surface area is 362 Å². The number of amides is 2. The number of ether oxygens (including phenoxy) is 1. The number of aromatic nitrogens is 4. The first-order valence-corrected chi connectivity index (χ1v) is 22.9. The average Bonchev–Trinajstić information content (AvgIpc) is 4.06. The third kappa shape index (κ3) is 8.28. The van der Waals surface area contributed by atoms with E-state index >= 15 is 0 Å². The number of phenols is 1. The van der Waals surface area contributed by atoms with Crippen LogP contribution in [0.4, 0.5) is 0 Å². The summed E-state index contributed by atoms with van der Waals surface area (Å²) >= 11 is 3.32. The molecule has 3 fully saturated rings. The van der Waals surface area contributed by atoms with E-state index in [1.807, 2.05) is 68.7 Å². The largest absolute Gasteiger partial charge is 0.507 e. The molecule has 6 aromatic rings. The first-order valence-electron chi connectivity index (χ1n) is 21.2. The van der Waals surface area contributed by atoms with Crippen LogP contribution in [0, 0.1) is 19.8 Å². The molecule has 1 aliphatic carbocycles. The van der Waals surface area contributed by atoms with E-state index in [9.17, 15) is 19.8 Å². The molecule has 4 aromatic heterocycles. The highest BCUT2D eigenvalue weighted by atomic mass is 32.1. The summed E-state index contributed by atoms with van der Waals surface area (Å²) in [6, 6.07) is 18.5. The number of aliphatic hydroxyl groups is 1. The number of nitrogens with zero attached hydrogens (tertiary/aromatic N) is 6. The Morgan fingerprint density at radius 2 is 1.80 bits per heavy atom. The van der Waals surface area contributed by atoms with Gasteiger partial charge in [-0.1, -0.05) is 50.2 Å². The molecule has 3 N–H and O–H groups in total. The highest BCUT2D eigenvalue weighted by Crippen LogP contribution is 2.42. The van der Waals surface area contributed by atoms with Crippen molar-refractivity contribution in [3.63, 3.8) is 0 Å². The fourth-order valence-electron chi connectivity index (χ4n) is 9.26. The molecule has 2 aromatic carbocycles. The summed E-state index contributed by atoms with van der Waals surface area (Å²) in [7, 11) is 0. The second kappa shape index (κ2) is 17.3. The molecule has 61 heavy (non-hydrogen) atoms. The molecule has 2 aliphatic heterocycles. The number of β-amino-alcohol motifs (C(OH)–C–C–N with tert-alkyl or cyclic N) is 1. The third-order valence-electron chi connectivity index (χ3n) is 12.8. The van der Waals surface area contributed by atoms with E-state index in [2.05, 4.69) is 37.5 Å². The fraction of sp³-hybridized carbons (Fsp3) is 0.435. The van der Waals surface area contributed by atoms with Crippen LogP contribution in [-0.2, 0) is 16.1 Å². The monoisotopic (exact) mass is 861 g/mol. The van der Waals surface area contributed by atoms with E-state index in [1.54, 1.807) is 40.9 Å². The van der Waals surface area contributed by atoms with Crippen LogP contribution < -0.4 is 10.1 Å². The average molecular weight is 862 g/mol. The van der Waals surface area contributed by atoms with Crippen molar-refractivity contribution in [3.05, 3.63) is 93.6 Å². The van der Waals surface area contributed by atoms with Gasteiger partial charge in [-0.2, -0.15) is 0 Å². The van der Waals surface area contributed by atoms with Crippen LogP contribution in [0.5, 0.6) is 11.6 Å². The van der Waals surface area contributed by atoms with E-state index in [4.69, 9.17) is 9.26 Å². The number of likely N-dealkylation sites (tertiary alicyclic amines) is 2. The zero-order valence-corrected chi connectivity index (χ0v) is 36.4. The Morgan fingerprint density at radius 3 is 2.51 bits per heavy atom. The van der Waals surface area contributed by atoms with Crippen LogP contribution in [-0.4, -0.2) is 96.1 Å². The van der Waals surface area contributed by atoms with Crippen molar-refractivity contribution in [1.29, 1.82) is 0 Å². The summed E-state index contributed by atoms with van der Waals surface area (Å²) < 4.78 is 12.2. The molecule has 5 atom stereocenters. The third-order valence-corrected chi connectivity index (χ3v) is 15.1. The topological polar surface area (TPSA) is 167 Å². The maximum Gasteiger partial charge on any atom is 0.254 e. The highest BCUT2D eigenvalue weighted by Gasteiger charge is 2.44. The van der Waals surface area contributed by atoms with Crippen LogP contribution in [0.25, 0.3) is 31.9 Å². The summed E-state index contributed by atoms with van der Waals surface area (Å²) in [5.41, 5.74) is 7.42. The van der Waals surface area contributed by atoms with Crippen LogP contribution in [0.2, 0.25) is 0 Å². The fourth-order valence-corrected chi connectivity index (χ4v) is 11.3. The van der Waals surface area contributed by atoms with E-state index in [0.717, 1.165) is 70.7 Å². The van der Waals surface area contributed by atoms with Crippen molar-refractivity contribution in [2.24, 2.45) is 5.92 Å². The molecule has 13 nitrogen and oxygen atoms in total. The van der Waals surface area contributed by atoms with Gasteiger partial charge in [0.05, 0.1) is 27.9 Å². The van der Waals surface area contributed by atoms with Crippen molar-refractivity contribution in [2.75, 3.05) is 19.6 Å². The molecule has 1 saturated carbocycles. The molecule has 0 radical (unpaired) electrons. The number of nitrogens with one attached hydrogen (secondary N) is 1. The van der Waals surface area contributed by atoms with Crippen molar-refractivity contribution in [1.82, 2.24) is 35.5 Å². The summed E-state index contributed by atoms with van der Waals surface area (Å²) in [5.74, 6) is -0.0690. The lowest BCUT2D eigenvalue weighted by Crippen LogP contribution is -2.55. The summed E-state index contributed by atoms with van der Waals surface area (Å²) in [6.07, 6.45) is 3.34. The van der Waals surface area contributed by atoms with Gasteiger partial charge in [-0.25, -0.2) is 4.98 Å². The van der Waals surface area contributed by atoms with E-state index in [-0.39, 0.29) is 48.6 Å². The molecule has 0 bridgehead atoms. The number of para-hydroxylation sites is 1. The molecule has 318 valence electrons. The quantitative estimate of drug-likeness (QED) is 0.111. The molecule has 0 spiro atoms. The van der Waals surface area contributed by atoms with E-state index < -0.39 is 18.1 Å². The van der Waals surface area contributed by atoms with Gasteiger partial charge in [0.1, 0.15) is 28.6 Å². The van der Waals surface area contributed by atoms with E-state index in [0.29, 0.717) is 35.4 Å². The zero-order chi connectivity index (χ0) is 42.4. The lowest BCUT2D eigenvalue weighted by Gasteiger charge is -2.46. The van der Waals surface area contributed by atoms with Crippen molar-refractivity contribution in [2.45, 2.75) is 102 Å². The minimum absolute atomic E-state index is 0.0355. The van der Waals surface area contributed by atoms with Gasteiger partial charge < -0.3 is 29.7 Å². The van der Waals surface area contributed by atoms with Gasteiger partial charge in [0, 0.05) is 47.4 Å². The highest BCUT2D eigenvalue weighted by molar-refractivity contribution is 7.19. The number of rotatable bonds is 12. The molecule has 6 heterocycles. The number of aryl methyl sites for hydroxylation is 2. The van der Waals surface area contributed by atoms with Crippen LogP contribution in [0.1, 0.15) is 85.2 Å². The first-order chi connectivity index (χ1) is 29.5. The predicted molar refractivity (Wildman–Crippen MR) is 235 cm³/mol. The lowest BCUT2D eigenvalue weighted by molar-refractivity contribution is -0.141. The number of carbonyl (C=O) groups excluding carboxylic acids is 2. The van der Waals surface area contributed by atoms with E-state index in [1.165, 1.54) is 15.3 Å². The summed E-state index contributed by atoms with van der Waals surface area (Å²) in [6.45, 7) is 10.3. The number of thiophene rings is 1. The van der Waals surface area contributed by atoms with Crippen molar-refractivity contribution in [3.8, 4) is 33.3 Å². The number of thiazole rings is 1. The maximum absolute atomic E-state index is 14.2. The molecule has 0 unspecified atom stereocenters. The Hall–Kier alpha value is -5.22. The lowest BCUT2D eigenvalue weighted by atomic mass is 9.84. The van der Waals surface area contributed by atoms with Crippen LogP contribution >= 0.6 is 22.7 Å². The Balaban J connectivity index is 0.800. The molecular weight excluding hydrogens is 811 g/mol. The van der Waals surface area contributed by atoms with Gasteiger partial charge in [0.2, 0.25) is 11.8 Å². The smallest absolute Gasteiger partial charge is 0.254 e. The number of hydrogen-bond donors (Lipinski definition) is 3. The number of carbonyl (C=O) groups is 2. The van der Waals surface area contributed by atoms with Gasteiger partial charge >= 0.3 is 0 Å². The summed E-state index contributed by atoms with van der Waals surface area (Å²) in [5, 5.41) is 38.4. The molecule has 2 saturated heterocycles. The standard InChI is InChI=1S/C46H51N7O6S2/c1-25(2)41(46(57)53-23-31(54)19-36(53)44(56)47-22-28-9-11-29(12-10-28)43-27(4)48-24-60-43)39-21-40(51-59-39)58-38-14-13-35(38)52-17-15-30(16-18-52)42-26(3)33-20-34(49-50-45(33)61-42)32-7-5-6-8-37(32)55/h5-12,20-21,24-25,30-31,35-36,38,41,54-55H,13-19,22-23H2,1-4H3,(H,47,56)/t31-,35+,36+,38+,41-/m1/s1. The molecule has 15 heteroatoms. The number of fused-ring (bicyclic) bond motifs is 1. The second-order valence-corrected chi connectivity index (χ2v) is 18.9. The first kappa shape index (κ1) is 41.1. The van der Waals surface area contributed by atoms with Gasteiger partial charge in [-0.3, -0.25) is 14.5 Å². The zero-order valence-electron chi connectivity index (χ0n) is 34.8. The van der Waals surface area contributed by atoms with Crippen molar-refractivity contribution >= 4 is 44.7 Å². The Morgan fingerprint density at radius 1 is 1.02 bits per heavy atom. The maximum atomic E-state index is 14.2. The van der Waals surface area contributed by atoms with Gasteiger partial charge in [-0.05, 0) is 105 Å². The molecular formula is C46H51N7O6S2. The minimum Gasteiger partial charge on any atom is -0.507 e. The number of aliphatic hydroxyl groups excluding tert-OH is 1. The molecule has 3 aliphatic rings. The van der Waals surface area contributed by atoms with Gasteiger partial charge in [0.25, 0.3) is 5.88 Å².